The number of amides is 2. The van der Waals surface area contributed by atoms with Crippen LogP contribution in [0.4, 0.5) is 0 Å². The maximum absolute atomic E-state index is 12.0. The second-order valence-corrected chi connectivity index (χ2v) is 5.21. The molecular weight excluding hydrogens is 330 g/mol. The quantitative estimate of drug-likeness (QED) is 0.757. The first-order valence-electron chi connectivity index (χ1n) is 7.42. The molecule has 25 heavy (non-hydrogen) atoms. The van der Waals surface area contributed by atoms with E-state index >= 15 is 0 Å². The lowest BCUT2D eigenvalue weighted by Crippen LogP contribution is -2.32. The molecule has 0 aliphatic carbocycles. The van der Waals surface area contributed by atoms with E-state index < -0.39 is 29.0 Å². The average molecular weight is 343 g/mol. The lowest BCUT2D eigenvalue weighted by atomic mass is 10.2. The van der Waals surface area contributed by atoms with E-state index in [2.05, 4.69) is 4.84 Å². The summed E-state index contributed by atoms with van der Waals surface area (Å²) >= 11 is 0. The first kappa shape index (κ1) is 16.4. The lowest BCUT2D eigenvalue weighted by Gasteiger charge is -2.11. The summed E-state index contributed by atoms with van der Waals surface area (Å²) in [5, 5.41) is 0.377. The second-order valence-electron chi connectivity index (χ2n) is 5.21. The molecule has 0 spiro atoms. The van der Waals surface area contributed by atoms with Gasteiger partial charge in [0.25, 0.3) is 11.8 Å². The number of hydroxylamine groups is 2. The number of hydrogen-bond acceptors (Lipinski definition) is 7. The van der Waals surface area contributed by atoms with Gasteiger partial charge in [-0.25, -0.2) is 4.79 Å². The molecule has 0 atom stereocenters. The minimum Gasteiger partial charge on any atom is -0.482 e. The van der Waals surface area contributed by atoms with Gasteiger partial charge in [0, 0.05) is 18.9 Å². The molecule has 8 heteroatoms. The molecule has 1 aromatic carbocycles. The van der Waals surface area contributed by atoms with E-state index in [0.717, 1.165) is 17.9 Å². The van der Waals surface area contributed by atoms with Crippen LogP contribution < -0.4 is 10.2 Å². The summed E-state index contributed by atoms with van der Waals surface area (Å²) in [6.07, 6.45) is 0.931. The lowest BCUT2D eigenvalue weighted by molar-refractivity contribution is -0.173. The summed E-state index contributed by atoms with van der Waals surface area (Å²) in [5.41, 5.74) is 0.268. The summed E-state index contributed by atoms with van der Waals surface area (Å²) in [4.78, 5) is 51.4. The molecule has 8 nitrogen and oxygen atoms in total. The third-order valence-electron chi connectivity index (χ3n) is 3.42. The first-order valence-corrected chi connectivity index (χ1v) is 7.42. The van der Waals surface area contributed by atoms with Gasteiger partial charge < -0.3 is 14.0 Å². The third-order valence-corrected chi connectivity index (χ3v) is 3.42. The van der Waals surface area contributed by atoms with Gasteiger partial charge in [-0.1, -0.05) is 30.3 Å². The molecule has 0 saturated carbocycles. The molecule has 0 bridgehead atoms. The zero-order valence-electron chi connectivity index (χ0n) is 13.0. The molecule has 0 unspecified atom stereocenters. The van der Waals surface area contributed by atoms with E-state index in [4.69, 9.17) is 9.15 Å². The molecule has 0 N–H and O–H groups in total. The normalized spacial score (nSPS) is 13.8. The minimum atomic E-state index is -1.12. The van der Waals surface area contributed by atoms with Crippen molar-refractivity contribution in [3.05, 3.63) is 64.2 Å². The highest BCUT2D eigenvalue weighted by Crippen LogP contribution is 2.15. The van der Waals surface area contributed by atoms with Crippen molar-refractivity contribution in [1.82, 2.24) is 5.06 Å². The number of carbonyl (C=O) groups excluding carboxylic acids is 3. The molecule has 2 amide bonds. The molecule has 2 heterocycles. The molecule has 1 aromatic heterocycles. The predicted molar refractivity (Wildman–Crippen MR) is 82.3 cm³/mol. The largest absolute Gasteiger partial charge is 0.482 e. The van der Waals surface area contributed by atoms with Gasteiger partial charge in [0.05, 0.1) is 0 Å². The minimum absolute atomic E-state index is 0.0255. The third kappa shape index (κ3) is 3.74. The van der Waals surface area contributed by atoms with Crippen molar-refractivity contribution in [2.24, 2.45) is 0 Å². The zero-order valence-corrected chi connectivity index (χ0v) is 13.0. The summed E-state index contributed by atoms with van der Waals surface area (Å²) in [6.45, 7) is 0.159. The van der Waals surface area contributed by atoms with Crippen molar-refractivity contribution in [2.45, 2.75) is 19.4 Å². The highest BCUT2D eigenvalue weighted by atomic mass is 16.7. The molecule has 3 rings (SSSR count). The van der Waals surface area contributed by atoms with Crippen molar-refractivity contribution in [3.8, 4) is 5.75 Å². The SMILES string of the molecule is O=C(ON1C(=O)CCC1=O)c1cc(=O)c(OCc2ccccc2)co1. The van der Waals surface area contributed by atoms with Gasteiger partial charge in [0.15, 0.2) is 0 Å². The van der Waals surface area contributed by atoms with E-state index in [9.17, 15) is 19.2 Å². The summed E-state index contributed by atoms with van der Waals surface area (Å²) in [6, 6.07) is 10.1. The molecular formula is C17H13NO7. The topological polar surface area (TPSA) is 103 Å². The predicted octanol–water partition coefficient (Wildman–Crippen LogP) is 1.44. The van der Waals surface area contributed by atoms with Crippen molar-refractivity contribution < 1.29 is 28.4 Å². The van der Waals surface area contributed by atoms with E-state index in [-0.39, 0.29) is 25.2 Å². The van der Waals surface area contributed by atoms with Crippen LogP contribution >= 0.6 is 0 Å². The Kier molecular flexibility index (Phi) is 4.60. The molecule has 2 aromatic rings. The fourth-order valence-electron chi connectivity index (χ4n) is 2.13. The Balaban J connectivity index is 1.67. The fraction of sp³-hybridized carbons (Fsp3) is 0.176. The molecule has 1 fully saturated rings. The number of benzene rings is 1. The maximum Gasteiger partial charge on any atom is 0.399 e. The van der Waals surface area contributed by atoms with E-state index in [0.29, 0.717) is 5.06 Å². The Morgan fingerprint density at radius 3 is 2.40 bits per heavy atom. The van der Waals surface area contributed by atoms with Crippen LogP contribution in [0.25, 0.3) is 0 Å². The van der Waals surface area contributed by atoms with Gasteiger partial charge in [-0.3, -0.25) is 14.4 Å². The number of nitrogens with zero attached hydrogens (tertiary/aromatic N) is 1. The number of carbonyl (C=O) groups is 3. The summed E-state index contributed by atoms with van der Waals surface area (Å²) < 4.78 is 10.4. The Morgan fingerprint density at radius 1 is 1.08 bits per heavy atom. The smallest absolute Gasteiger partial charge is 0.399 e. The van der Waals surface area contributed by atoms with Crippen LogP contribution in [0.2, 0.25) is 0 Å². The van der Waals surface area contributed by atoms with Gasteiger partial charge in [0.1, 0.15) is 12.9 Å². The van der Waals surface area contributed by atoms with Gasteiger partial charge in [0.2, 0.25) is 16.9 Å². The van der Waals surface area contributed by atoms with E-state index in [1.54, 1.807) is 0 Å². The van der Waals surface area contributed by atoms with Crippen LogP contribution in [-0.4, -0.2) is 22.8 Å². The highest BCUT2D eigenvalue weighted by molar-refractivity contribution is 6.02. The van der Waals surface area contributed by atoms with Crippen LogP contribution in [0.15, 0.2) is 51.9 Å². The zero-order chi connectivity index (χ0) is 17.8. The number of ether oxygens (including phenoxy) is 1. The molecule has 128 valence electrons. The molecule has 1 aliphatic heterocycles. The van der Waals surface area contributed by atoms with Crippen LogP contribution in [0.1, 0.15) is 29.0 Å². The number of imide groups is 1. The summed E-state index contributed by atoms with van der Waals surface area (Å²) in [5.74, 6) is -2.87. The van der Waals surface area contributed by atoms with Gasteiger partial charge in [-0.05, 0) is 5.56 Å². The van der Waals surface area contributed by atoms with Crippen LogP contribution in [-0.2, 0) is 21.0 Å². The molecule has 1 saturated heterocycles. The van der Waals surface area contributed by atoms with Gasteiger partial charge in [-0.15, -0.1) is 5.06 Å². The van der Waals surface area contributed by atoms with Crippen molar-refractivity contribution in [1.29, 1.82) is 0 Å². The second kappa shape index (κ2) is 7.00. The Morgan fingerprint density at radius 2 is 1.76 bits per heavy atom. The average Bonchev–Trinajstić information content (AvgIpc) is 2.93. The van der Waals surface area contributed by atoms with Crippen molar-refractivity contribution in [3.63, 3.8) is 0 Å². The van der Waals surface area contributed by atoms with Gasteiger partial charge >= 0.3 is 5.97 Å². The molecule has 1 aliphatic rings. The van der Waals surface area contributed by atoms with Crippen molar-refractivity contribution in [2.75, 3.05) is 0 Å². The Hall–Kier alpha value is -3.42. The Labute approximate surface area is 141 Å². The number of rotatable bonds is 5. The van der Waals surface area contributed by atoms with Crippen LogP contribution in [0.5, 0.6) is 5.75 Å². The fourth-order valence-corrected chi connectivity index (χ4v) is 2.13. The highest BCUT2D eigenvalue weighted by Gasteiger charge is 2.33. The summed E-state index contributed by atoms with van der Waals surface area (Å²) in [7, 11) is 0. The number of hydrogen-bond donors (Lipinski definition) is 0. The van der Waals surface area contributed by atoms with Crippen LogP contribution in [0.3, 0.4) is 0 Å². The van der Waals surface area contributed by atoms with Gasteiger partial charge in [-0.2, -0.15) is 0 Å². The molecule has 0 radical (unpaired) electrons. The Bertz CT molecular complexity index is 856. The van der Waals surface area contributed by atoms with Crippen molar-refractivity contribution >= 4 is 17.8 Å². The monoisotopic (exact) mass is 343 g/mol. The maximum atomic E-state index is 12.0. The van der Waals surface area contributed by atoms with E-state index in [1.165, 1.54) is 0 Å². The standard InChI is InChI=1S/C17H13NO7/c19-12-8-13(17(22)25-18-15(20)6-7-16(18)21)24-10-14(12)23-9-11-4-2-1-3-5-11/h1-5,8,10H,6-7,9H2. The van der Waals surface area contributed by atoms with E-state index in [1.807, 2.05) is 30.3 Å². The van der Waals surface area contributed by atoms with Crippen LogP contribution in [0, 0.1) is 0 Å². The first-order chi connectivity index (χ1) is 12.0.